The summed E-state index contributed by atoms with van der Waals surface area (Å²) in [5.41, 5.74) is 0. The molecule has 0 aliphatic heterocycles. The minimum absolute atomic E-state index is 0. The van der Waals surface area contributed by atoms with Gasteiger partial charge in [-0.25, -0.2) is 4.98 Å². The predicted octanol–water partition coefficient (Wildman–Crippen LogP) is -2.53. The second-order valence-corrected chi connectivity index (χ2v) is 2.72. The average Bonchev–Trinajstić information content (AvgIpc) is 2.04. The molecule has 0 saturated heterocycles. The molecule has 0 aromatic carbocycles. The molecular weight excluding hydrogens is 192 g/mol. The number of pyridine rings is 1. The van der Waals surface area contributed by atoms with Gasteiger partial charge in [-0.15, -0.1) is 0 Å². The standard InChI is InChI=1S/C6H6FNO3S.Li/c1-11-4-2-3-8-6(5(4)7)12(9)10;/h2-3H,1H3,(H,9,10);/q;+1/p-1. The molecule has 13 heavy (non-hydrogen) atoms. The Labute approximate surface area is 89.0 Å². The van der Waals surface area contributed by atoms with Gasteiger partial charge in [0.1, 0.15) is 0 Å². The summed E-state index contributed by atoms with van der Waals surface area (Å²) in [4.78, 5) is 3.32. The van der Waals surface area contributed by atoms with Crippen LogP contribution >= 0.6 is 0 Å². The predicted molar refractivity (Wildman–Crippen MR) is 37.9 cm³/mol. The van der Waals surface area contributed by atoms with Crippen LogP contribution in [0.2, 0.25) is 0 Å². The van der Waals surface area contributed by atoms with Crippen LogP contribution in [0.15, 0.2) is 17.3 Å². The van der Waals surface area contributed by atoms with E-state index in [4.69, 9.17) is 0 Å². The molecule has 0 aliphatic rings. The fourth-order valence-electron chi connectivity index (χ4n) is 0.682. The third-order valence-corrected chi connectivity index (χ3v) is 1.80. The maximum absolute atomic E-state index is 12.9. The van der Waals surface area contributed by atoms with Crippen LogP contribution in [0.5, 0.6) is 5.75 Å². The second kappa shape index (κ2) is 5.35. The molecule has 0 N–H and O–H groups in total. The van der Waals surface area contributed by atoms with Crippen LogP contribution in [0.3, 0.4) is 0 Å². The SMILES string of the molecule is COc1ccnc(S(=O)[O-])c1F.[Li+]. The normalized spacial score (nSPS) is 11.6. The van der Waals surface area contributed by atoms with Gasteiger partial charge in [0, 0.05) is 23.3 Å². The molecule has 1 aromatic heterocycles. The molecule has 0 aliphatic carbocycles. The van der Waals surface area contributed by atoms with E-state index in [0.29, 0.717) is 0 Å². The van der Waals surface area contributed by atoms with Gasteiger partial charge in [0.25, 0.3) is 0 Å². The van der Waals surface area contributed by atoms with Crippen molar-refractivity contribution in [2.24, 2.45) is 0 Å². The molecule has 0 spiro atoms. The van der Waals surface area contributed by atoms with Gasteiger partial charge in [0.05, 0.1) is 7.11 Å². The Balaban J connectivity index is 0.00000144. The molecule has 1 atom stereocenters. The Morgan fingerprint density at radius 1 is 1.69 bits per heavy atom. The van der Waals surface area contributed by atoms with Crippen LogP contribution in [0.1, 0.15) is 0 Å². The van der Waals surface area contributed by atoms with Crippen molar-refractivity contribution in [1.29, 1.82) is 0 Å². The molecule has 0 fully saturated rings. The quantitative estimate of drug-likeness (QED) is 0.387. The Hall–Kier alpha value is -0.413. The van der Waals surface area contributed by atoms with Gasteiger partial charge in [-0.2, -0.15) is 4.39 Å². The van der Waals surface area contributed by atoms with Gasteiger partial charge in [-0.3, -0.25) is 4.21 Å². The summed E-state index contributed by atoms with van der Waals surface area (Å²) < 4.78 is 38.2. The van der Waals surface area contributed by atoms with Gasteiger partial charge in [0.15, 0.2) is 16.6 Å². The Morgan fingerprint density at radius 2 is 2.31 bits per heavy atom. The number of hydrogen-bond donors (Lipinski definition) is 0. The van der Waals surface area contributed by atoms with Crippen LogP contribution in [0.4, 0.5) is 4.39 Å². The van der Waals surface area contributed by atoms with Crippen LogP contribution in [0.25, 0.3) is 0 Å². The number of hydrogen-bond acceptors (Lipinski definition) is 4. The zero-order chi connectivity index (χ0) is 9.14. The summed E-state index contributed by atoms with van der Waals surface area (Å²) in [6.45, 7) is 0. The first-order valence-electron chi connectivity index (χ1n) is 2.94. The largest absolute Gasteiger partial charge is 1.00 e. The van der Waals surface area contributed by atoms with Crippen molar-refractivity contribution in [3.63, 3.8) is 0 Å². The van der Waals surface area contributed by atoms with E-state index < -0.39 is 21.9 Å². The van der Waals surface area contributed by atoms with Crippen molar-refractivity contribution in [2.45, 2.75) is 5.03 Å². The molecule has 0 saturated carbocycles. The molecule has 1 rings (SSSR count). The van der Waals surface area contributed by atoms with E-state index in [1.165, 1.54) is 13.2 Å². The van der Waals surface area contributed by atoms with Gasteiger partial charge in [0.2, 0.25) is 0 Å². The van der Waals surface area contributed by atoms with E-state index in [9.17, 15) is 13.2 Å². The number of ether oxygens (including phenoxy) is 1. The minimum atomic E-state index is -2.67. The molecule has 0 radical (unpaired) electrons. The van der Waals surface area contributed by atoms with Gasteiger partial charge in [-0.1, -0.05) is 0 Å². The monoisotopic (exact) mass is 197 g/mol. The van der Waals surface area contributed by atoms with Crippen molar-refractivity contribution in [3.8, 4) is 5.75 Å². The first kappa shape index (κ1) is 12.6. The number of methoxy groups -OCH3 is 1. The topological polar surface area (TPSA) is 62.2 Å². The Kier molecular flexibility index (Phi) is 5.18. The molecule has 1 unspecified atom stereocenters. The van der Waals surface area contributed by atoms with E-state index in [1.54, 1.807) is 0 Å². The van der Waals surface area contributed by atoms with E-state index in [-0.39, 0.29) is 24.6 Å². The van der Waals surface area contributed by atoms with E-state index in [0.717, 1.165) is 6.20 Å². The van der Waals surface area contributed by atoms with Crippen molar-refractivity contribution >= 4 is 11.1 Å². The number of halogens is 1. The fraction of sp³-hybridized carbons (Fsp3) is 0.167. The maximum Gasteiger partial charge on any atom is 1.00 e. The summed E-state index contributed by atoms with van der Waals surface area (Å²) in [6.07, 6.45) is 1.16. The van der Waals surface area contributed by atoms with Crippen molar-refractivity contribution < 1.29 is 36.7 Å². The van der Waals surface area contributed by atoms with Crippen molar-refractivity contribution in [1.82, 2.24) is 4.98 Å². The molecule has 1 heterocycles. The van der Waals surface area contributed by atoms with Crippen molar-refractivity contribution in [2.75, 3.05) is 7.11 Å². The van der Waals surface area contributed by atoms with Crippen LogP contribution in [0, 0.1) is 5.82 Å². The van der Waals surface area contributed by atoms with Crippen LogP contribution in [-0.4, -0.2) is 20.9 Å². The number of aromatic nitrogens is 1. The molecule has 0 bridgehead atoms. The second-order valence-electron chi connectivity index (χ2n) is 1.87. The Bertz CT molecular complexity index is 323. The zero-order valence-corrected chi connectivity index (χ0v) is 7.93. The summed E-state index contributed by atoms with van der Waals surface area (Å²) in [6, 6.07) is 1.24. The molecule has 4 nitrogen and oxygen atoms in total. The molecule has 1 aromatic rings. The zero-order valence-electron chi connectivity index (χ0n) is 7.11. The van der Waals surface area contributed by atoms with E-state index in [1.807, 2.05) is 0 Å². The molecular formula is C6H5FLiNO3S. The smallest absolute Gasteiger partial charge is 0.767 e. The Morgan fingerprint density at radius 3 is 2.77 bits per heavy atom. The third-order valence-electron chi connectivity index (χ3n) is 1.20. The van der Waals surface area contributed by atoms with Gasteiger partial charge in [-0.05, 0) is 0 Å². The minimum Gasteiger partial charge on any atom is -0.767 e. The van der Waals surface area contributed by atoms with Crippen LogP contribution < -0.4 is 23.6 Å². The number of nitrogens with zero attached hydrogens (tertiary/aromatic N) is 1. The summed E-state index contributed by atoms with van der Waals surface area (Å²) in [5, 5.41) is -0.630. The van der Waals surface area contributed by atoms with E-state index in [2.05, 4.69) is 9.72 Å². The van der Waals surface area contributed by atoms with Crippen LogP contribution in [-0.2, 0) is 11.1 Å². The number of rotatable bonds is 2. The first-order valence-corrected chi connectivity index (χ1v) is 4.02. The molecule has 0 amide bonds. The van der Waals surface area contributed by atoms with Gasteiger partial charge >= 0.3 is 18.9 Å². The third kappa shape index (κ3) is 2.78. The summed E-state index contributed by atoms with van der Waals surface area (Å²) >= 11 is -2.67. The maximum atomic E-state index is 12.9. The summed E-state index contributed by atoms with van der Waals surface area (Å²) in [7, 11) is 1.25. The molecule has 66 valence electrons. The van der Waals surface area contributed by atoms with Crippen molar-refractivity contribution in [3.05, 3.63) is 18.1 Å². The average molecular weight is 197 g/mol. The summed E-state index contributed by atoms with van der Waals surface area (Å²) in [5.74, 6) is -1.10. The van der Waals surface area contributed by atoms with E-state index >= 15 is 0 Å². The van der Waals surface area contributed by atoms with Gasteiger partial charge < -0.3 is 9.29 Å². The first-order chi connectivity index (χ1) is 5.66. The fourth-order valence-corrected chi connectivity index (χ4v) is 1.08. The molecule has 7 heteroatoms.